The van der Waals surface area contributed by atoms with Gasteiger partial charge in [0.25, 0.3) is 0 Å². The van der Waals surface area contributed by atoms with Crippen LogP contribution >= 0.6 is 0 Å². The van der Waals surface area contributed by atoms with Gasteiger partial charge in [0.1, 0.15) is 5.76 Å². The third kappa shape index (κ3) is 2.86. The molecule has 2 unspecified atom stereocenters. The van der Waals surface area contributed by atoms with Crippen molar-refractivity contribution in [1.29, 1.82) is 0 Å². The van der Waals surface area contributed by atoms with Crippen LogP contribution in [0.3, 0.4) is 0 Å². The first-order valence-electron chi connectivity index (χ1n) is 4.87. The molecule has 0 aromatic carbocycles. The molecule has 80 valence electrons. The lowest BCUT2D eigenvalue weighted by atomic mass is 9.84. The quantitative estimate of drug-likeness (QED) is 0.773. The van der Waals surface area contributed by atoms with Crippen LogP contribution in [0.2, 0.25) is 0 Å². The molecule has 0 saturated heterocycles. The lowest BCUT2D eigenvalue weighted by Gasteiger charge is -2.30. The zero-order chi connectivity index (χ0) is 10.8. The highest BCUT2D eigenvalue weighted by molar-refractivity contribution is 5.02. The molecule has 3 heteroatoms. The highest BCUT2D eigenvalue weighted by Crippen LogP contribution is 2.22. The van der Waals surface area contributed by atoms with Gasteiger partial charge in [-0.2, -0.15) is 0 Å². The van der Waals surface area contributed by atoms with E-state index in [9.17, 15) is 5.11 Å². The van der Waals surface area contributed by atoms with Gasteiger partial charge >= 0.3 is 0 Å². The molecule has 0 fully saturated rings. The van der Waals surface area contributed by atoms with E-state index in [2.05, 4.69) is 0 Å². The second-order valence-electron chi connectivity index (χ2n) is 4.76. The van der Waals surface area contributed by atoms with E-state index in [1.54, 1.807) is 6.26 Å². The van der Waals surface area contributed by atoms with Crippen LogP contribution in [0.1, 0.15) is 26.5 Å². The molecule has 1 heterocycles. The van der Waals surface area contributed by atoms with Crippen LogP contribution < -0.4 is 5.73 Å². The van der Waals surface area contributed by atoms with Gasteiger partial charge < -0.3 is 15.3 Å². The fourth-order valence-corrected chi connectivity index (χ4v) is 1.41. The molecule has 0 amide bonds. The van der Waals surface area contributed by atoms with Crippen molar-refractivity contribution in [3.8, 4) is 0 Å². The Morgan fingerprint density at radius 1 is 1.50 bits per heavy atom. The minimum atomic E-state index is -0.521. The van der Waals surface area contributed by atoms with Crippen LogP contribution in [-0.4, -0.2) is 17.3 Å². The molecule has 0 aliphatic heterocycles. The smallest absolute Gasteiger partial charge is 0.105 e. The molecule has 0 aliphatic rings. The summed E-state index contributed by atoms with van der Waals surface area (Å²) in [6, 6.07) is 3.42. The number of hydrogen-bond donors (Lipinski definition) is 2. The summed E-state index contributed by atoms with van der Waals surface area (Å²) in [6.45, 7) is 5.92. The van der Waals surface area contributed by atoms with Crippen LogP contribution in [0, 0.1) is 5.41 Å². The van der Waals surface area contributed by atoms with Gasteiger partial charge in [-0.15, -0.1) is 0 Å². The second kappa shape index (κ2) is 4.15. The fourth-order valence-electron chi connectivity index (χ4n) is 1.41. The van der Waals surface area contributed by atoms with Gasteiger partial charge in [-0.3, -0.25) is 0 Å². The van der Waals surface area contributed by atoms with Crippen molar-refractivity contribution in [3.63, 3.8) is 0 Å². The first-order chi connectivity index (χ1) is 6.41. The molecule has 1 aromatic heterocycles. The zero-order valence-corrected chi connectivity index (χ0v) is 9.03. The molecule has 3 N–H and O–H groups in total. The van der Waals surface area contributed by atoms with Gasteiger partial charge in [-0.1, -0.05) is 20.8 Å². The average Bonchev–Trinajstić information content (AvgIpc) is 2.53. The van der Waals surface area contributed by atoms with Crippen LogP contribution in [-0.2, 0) is 6.42 Å². The van der Waals surface area contributed by atoms with Crippen LogP contribution in [0.15, 0.2) is 22.8 Å². The van der Waals surface area contributed by atoms with Crippen molar-refractivity contribution in [2.45, 2.75) is 39.3 Å². The Kier molecular flexibility index (Phi) is 3.34. The number of aliphatic hydroxyl groups excluding tert-OH is 1. The number of nitrogens with two attached hydrogens (primary N) is 1. The fraction of sp³-hybridized carbons (Fsp3) is 0.636. The lowest BCUT2D eigenvalue weighted by molar-refractivity contribution is 0.0393. The third-order valence-corrected chi connectivity index (χ3v) is 2.31. The summed E-state index contributed by atoms with van der Waals surface area (Å²) in [5, 5.41) is 9.89. The highest BCUT2D eigenvalue weighted by Gasteiger charge is 2.28. The number of aliphatic hydroxyl groups is 1. The Labute approximate surface area is 84.9 Å². The predicted molar refractivity (Wildman–Crippen MR) is 55.8 cm³/mol. The van der Waals surface area contributed by atoms with E-state index >= 15 is 0 Å². The van der Waals surface area contributed by atoms with Gasteiger partial charge in [0.2, 0.25) is 0 Å². The maximum absolute atomic E-state index is 9.89. The van der Waals surface area contributed by atoms with E-state index < -0.39 is 6.10 Å². The standard InChI is InChI=1S/C11H19NO2/c1-11(2,3)10(13)9(12)7-8-5-4-6-14-8/h4-6,9-10,13H,7,12H2,1-3H3. The summed E-state index contributed by atoms with van der Waals surface area (Å²) in [7, 11) is 0. The van der Waals surface area contributed by atoms with E-state index in [1.165, 1.54) is 0 Å². The van der Waals surface area contributed by atoms with Crippen molar-refractivity contribution in [1.82, 2.24) is 0 Å². The lowest BCUT2D eigenvalue weighted by Crippen LogP contribution is -2.44. The number of rotatable bonds is 3. The predicted octanol–water partition coefficient (Wildman–Crippen LogP) is 1.56. The molecular formula is C11H19NO2. The van der Waals surface area contributed by atoms with Crippen molar-refractivity contribution in [3.05, 3.63) is 24.2 Å². The normalized spacial score (nSPS) is 16.6. The van der Waals surface area contributed by atoms with Gasteiger partial charge in [0, 0.05) is 12.5 Å². The largest absolute Gasteiger partial charge is 0.469 e. The van der Waals surface area contributed by atoms with Crippen molar-refractivity contribution in [2.75, 3.05) is 0 Å². The Morgan fingerprint density at radius 3 is 2.57 bits per heavy atom. The van der Waals surface area contributed by atoms with E-state index in [0.717, 1.165) is 5.76 Å². The first-order valence-corrected chi connectivity index (χ1v) is 4.87. The topological polar surface area (TPSA) is 59.4 Å². The monoisotopic (exact) mass is 197 g/mol. The van der Waals surface area contributed by atoms with Crippen molar-refractivity contribution < 1.29 is 9.52 Å². The summed E-state index contributed by atoms with van der Waals surface area (Å²) in [5.41, 5.74) is 5.70. The van der Waals surface area contributed by atoms with E-state index in [-0.39, 0.29) is 11.5 Å². The van der Waals surface area contributed by atoms with Crippen LogP contribution in [0.4, 0.5) is 0 Å². The van der Waals surface area contributed by atoms with Crippen molar-refractivity contribution >= 4 is 0 Å². The minimum Gasteiger partial charge on any atom is -0.469 e. The molecule has 0 saturated carbocycles. The molecule has 0 spiro atoms. The van der Waals surface area contributed by atoms with Gasteiger partial charge in [-0.25, -0.2) is 0 Å². The summed E-state index contributed by atoms with van der Waals surface area (Å²) >= 11 is 0. The molecule has 3 nitrogen and oxygen atoms in total. The maximum Gasteiger partial charge on any atom is 0.105 e. The van der Waals surface area contributed by atoms with Gasteiger partial charge in [0.05, 0.1) is 12.4 Å². The average molecular weight is 197 g/mol. The molecule has 14 heavy (non-hydrogen) atoms. The Bertz CT molecular complexity index is 261. The maximum atomic E-state index is 9.89. The van der Waals surface area contributed by atoms with Gasteiger partial charge in [-0.05, 0) is 17.5 Å². The van der Waals surface area contributed by atoms with E-state index in [0.29, 0.717) is 6.42 Å². The Balaban J connectivity index is 2.54. The number of hydrogen-bond acceptors (Lipinski definition) is 3. The second-order valence-corrected chi connectivity index (χ2v) is 4.76. The summed E-state index contributed by atoms with van der Waals surface area (Å²) in [5.74, 6) is 0.820. The Hall–Kier alpha value is -0.800. The first kappa shape index (κ1) is 11.3. The third-order valence-electron chi connectivity index (χ3n) is 2.31. The molecule has 0 bridgehead atoms. The van der Waals surface area contributed by atoms with Crippen molar-refractivity contribution in [2.24, 2.45) is 11.1 Å². The van der Waals surface area contributed by atoms with Crippen LogP contribution in [0.5, 0.6) is 0 Å². The minimum absolute atomic E-state index is 0.188. The molecule has 1 aromatic rings. The summed E-state index contributed by atoms with van der Waals surface area (Å²) in [4.78, 5) is 0. The van der Waals surface area contributed by atoms with Crippen LogP contribution in [0.25, 0.3) is 0 Å². The zero-order valence-electron chi connectivity index (χ0n) is 9.03. The Morgan fingerprint density at radius 2 is 2.14 bits per heavy atom. The summed E-state index contributed by atoms with van der Waals surface area (Å²) in [6.07, 6.45) is 1.67. The van der Waals surface area contributed by atoms with E-state index in [4.69, 9.17) is 10.2 Å². The molecular weight excluding hydrogens is 178 g/mol. The summed E-state index contributed by atoms with van der Waals surface area (Å²) < 4.78 is 5.18. The molecule has 1 rings (SSSR count). The van der Waals surface area contributed by atoms with Gasteiger partial charge in [0.15, 0.2) is 0 Å². The number of furan rings is 1. The van der Waals surface area contributed by atoms with E-state index in [1.807, 2.05) is 32.9 Å². The molecule has 0 aliphatic carbocycles. The molecule has 0 radical (unpaired) electrons. The molecule has 2 atom stereocenters. The highest BCUT2D eigenvalue weighted by atomic mass is 16.3. The SMILES string of the molecule is CC(C)(C)C(O)C(N)Cc1ccco1.